The molecule has 88 valence electrons. The van der Waals surface area contributed by atoms with Crippen LogP contribution in [0.25, 0.3) is 0 Å². The third-order valence-corrected chi connectivity index (χ3v) is 2.91. The fourth-order valence-electron chi connectivity index (χ4n) is 1.83. The van der Waals surface area contributed by atoms with Crippen LogP contribution in [-0.2, 0) is 11.3 Å². The maximum absolute atomic E-state index is 12.2. The van der Waals surface area contributed by atoms with E-state index in [1.165, 1.54) is 0 Å². The SMILES string of the molecule is F[B-](F)(F)[C@H]1C[C@@H]1COCc1ccccc1.[K+]. The monoisotopic (exact) mass is 268 g/mol. The van der Waals surface area contributed by atoms with E-state index < -0.39 is 12.8 Å². The summed E-state index contributed by atoms with van der Waals surface area (Å²) in [5.74, 6) is -1.38. The normalized spacial score (nSPS) is 23.0. The number of halogens is 3. The van der Waals surface area contributed by atoms with Gasteiger partial charge in [-0.25, -0.2) is 0 Å². The number of hydrogen-bond acceptors (Lipinski definition) is 1. The Morgan fingerprint density at radius 3 is 2.35 bits per heavy atom. The van der Waals surface area contributed by atoms with Gasteiger partial charge in [-0.05, 0) is 11.5 Å². The standard InChI is InChI=1S/C11H13BF3O.K/c13-12(14,15)11-6-10(11)8-16-7-9-4-2-1-3-5-9;/h1-5,10-11H,6-8H2;/q-1;+1/t10-,11+;/m1./s1. The summed E-state index contributed by atoms with van der Waals surface area (Å²) < 4.78 is 42.0. The van der Waals surface area contributed by atoms with E-state index in [-0.39, 0.29) is 70.3 Å². The second kappa shape index (κ2) is 6.73. The first-order valence-corrected chi connectivity index (χ1v) is 5.39. The van der Waals surface area contributed by atoms with Crippen molar-refractivity contribution in [3.63, 3.8) is 0 Å². The van der Waals surface area contributed by atoms with E-state index >= 15 is 0 Å². The molecule has 0 amide bonds. The van der Waals surface area contributed by atoms with E-state index in [1.807, 2.05) is 30.3 Å². The summed E-state index contributed by atoms with van der Waals surface area (Å²) >= 11 is 0. The van der Waals surface area contributed by atoms with E-state index in [4.69, 9.17) is 4.74 Å². The number of ether oxygens (including phenoxy) is 1. The maximum atomic E-state index is 12.2. The molecule has 6 heteroatoms. The van der Waals surface area contributed by atoms with Crippen LogP contribution in [0.5, 0.6) is 0 Å². The molecule has 0 unspecified atom stereocenters. The third kappa shape index (κ3) is 5.04. The molecular formula is C11H13BF3KO. The molecule has 1 aliphatic carbocycles. The average Bonchev–Trinajstić information content (AvgIpc) is 2.98. The van der Waals surface area contributed by atoms with Gasteiger partial charge in [-0.15, -0.1) is 0 Å². The Kier molecular flexibility index (Phi) is 6.22. The second-order valence-corrected chi connectivity index (χ2v) is 4.29. The predicted octanol–water partition coefficient (Wildman–Crippen LogP) is 0.445. The zero-order valence-electron chi connectivity index (χ0n) is 9.78. The van der Waals surface area contributed by atoms with Gasteiger partial charge in [0.1, 0.15) is 0 Å². The van der Waals surface area contributed by atoms with Crippen LogP contribution >= 0.6 is 0 Å². The zero-order chi connectivity index (χ0) is 11.6. The van der Waals surface area contributed by atoms with Gasteiger partial charge in [-0.3, -0.25) is 0 Å². The van der Waals surface area contributed by atoms with Gasteiger partial charge in [0.05, 0.1) is 6.61 Å². The molecule has 17 heavy (non-hydrogen) atoms. The molecule has 2 rings (SSSR count). The summed E-state index contributed by atoms with van der Waals surface area (Å²) in [6.45, 7) is -4.03. The van der Waals surface area contributed by atoms with E-state index in [2.05, 4.69) is 0 Å². The minimum absolute atomic E-state index is 0. The second-order valence-electron chi connectivity index (χ2n) is 4.29. The quantitative estimate of drug-likeness (QED) is 0.704. The minimum atomic E-state index is -4.65. The van der Waals surface area contributed by atoms with Gasteiger partial charge in [0.2, 0.25) is 0 Å². The first-order valence-electron chi connectivity index (χ1n) is 5.39. The molecule has 0 N–H and O–H groups in total. The largest absolute Gasteiger partial charge is 1.00 e. The Morgan fingerprint density at radius 1 is 1.18 bits per heavy atom. The summed E-state index contributed by atoms with van der Waals surface area (Å²) in [5.41, 5.74) is 0.997. The molecule has 0 saturated heterocycles. The molecule has 1 saturated carbocycles. The van der Waals surface area contributed by atoms with Gasteiger partial charge in [0, 0.05) is 6.61 Å². The van der Waals surface area contributed by atoms with Gasteiger partial charge >= 0.3 is 58.4 Å². The van der Waals surface area contributed by atoms with Crippen molar-refractivity contribution in [3.05, 3.63) is 35.9 Å². The molecule has 2 atom stereocenters. The molecule has 1 aliphatic rings. The molecule has 0 heterocycles. The topological polar surface area (TPSA) is 9.23 Å². The molecule has 1 fully saturated rings. The van der Waals surface area contributed by atoms with Crippen LogP contribution in [0.2, 0.25) is 5.82 Å². The van der Waals surface area contributed by atoms with Crippen molar-refractivity contribution in [2.75, 3.05) is 6.61 Å². The Morgan fingerprint density at radius 2 is 1.82 bits per heavy atom. The summed E-state index contributed by atoms with van der Waals surface area (Å²) in [6, 6.07) is 9.47. The van der Waals surface area contributed by atoms with Gasteiger partial charge in [-0.2, -0.15) is 0 Å². The molecule has 0 bridgehead atoms. The van der Waals surface area contributed by atoms with Crippen LogP contribution in [0.4, 0.5) is 12.9 Å². The van der Waals surface area contributed by atoms with Crippen LogP contribution in [0.15, 0.2) is 30.3 Å². The summed E-state index contributed by atoms with van der Waals surface area (Å²) in [5, 5.41) is 0. The van der Waals surface area contributed by atoms with Crippen LogP contribution in [-0.4, -0.2) is 13.6 Å². The zero-order valence-corrected chi connectivity index (χ0v) is 12.9. The van der Waals surface area contributed by atoms with Gasteiger partial charge in [-0.1, -0.05) is 42.6 Å². The van der Waals surface area contributed by atoms with Crippen molar-refractivity contribution < 1.29 is 69.1 Å². The molecular weight excluding hydrogens is 255 g/mol. The van der Waals surface area contributed by atoms with E-state index in [9.17, 15) is 12.9 Å². The van der Waals surface area contributed by atoms with Crippen molar-refractivity contribution >= 4 is 6.98 Å². The Balaban J connectivity index is 0.00000144. The van der Waals surface area contributed by atoms with Gasteiger partial charge in [0.15, 0.2) is 0 Å². The van der Waals surface area contributed by atoms with Crippen molar-refractivity contribution in [1.29, 1.82) is 0 Å². The summed E-state index contributed by atoms with van der Waals surface area (Å²) in [6.07, 6.45) is 0.248. The molecule has 1 nitrogen and oxygen atoms in total. The van der Waals surface area contributed by atoms with Crippen molar-refractivity contribution in [2.45, 2.75) is 18.8 Å². The van der Waals surface area contributed by atoms with Crippen LogP contribution in [0, 0.1) is 5.92 Å². The van der Waals surface area contributed by atoms with Crippen molar-refractivity contribution in [3.8, 4) is 0 Å². The first-order chi connectivity index (χ1) is 7.57. The van der Waals surface area contributed by atoms with Crippen LogP contribution in [0.1, 0.15) is 12.0 Å². The van der Waals surface area contributed by atoms with E-state index in [0.717, 1.165) is 5.56 Å². The fourth-order valence-corrected chi connectivity index (χ4v) is 1.83. The third-order valence-electron chi connectivity index (χ3n) is 2.91. The molecule has 0 radical (unpaired) electrons. The van der Waals surface area contributed by atoms with Crippen LogP contribution < -0.4 is 51.4 Å². The smallest absolute Gasteiger partial charge is 0.449 e. The molecule has 0 aliphatic heterocycles. The Bertz CT molecular complexity index is 344. The van der Waals surface area contributed by atoms with E-state index in [1.54, 1.807) is 0 Å². The Labute approximate surface area is 142 Å². The number of hydrogen-bond donors (Lipinski definition) is 0. The molecule has 0 spiro atoms. The molecule has 1 aromatic carbocycles. The average molecular weight is 268 g/mol. The molecule has 0 aromatic heterocycles. The van der Waals surface area contributed by atoms with Crippen molar-refractivity contribution in [2.24, 2.45) is 5.92 Å². The fraction of sp³-hybridized carbons (Fsp3) is 0.455. The van der Waals surface area contributed by atoms with E-state index in [0.29, 0.717) is 6.61 Å². The summed E-state index contributed by atoms with van der Waals surface area (Å²) in [4.78, 5) is 0. The number of benzene rings is 1. The Hall–Kier alpha value is 0.671. The molecule has 1 aromatic rings. The first kappa shape index (κ1) is 15.7. The predicted molar refractivity (Wildman–Crippen MR) is 57.0 cm³/mol. The maximum Gasteiger partial charge on any atom is 1.00 e. The summed E-state index contributed by atoms with van der Waals surface area (Å²) in [7, 11) is 0. The van der Waals surface area contributed by atoms with Crippen LogP contribution in [0.3, 0.4) is 0 Å². The minimum Gasteiger partial charge on any atom is -0.449 e. The van der Waals surface area contributed by atoms with Gasteiger partial charge in [0.25, 0.3) is 0 Å². The van der Waals surface area contributed by atoms with Gasteiger partial charge < -0.3 is 17.7 Å². The number of rotatable bonds is 5. The van der Waals surface area contributed by atoms with Crippen molar-refractivity contribution in [1.82, 2.24) is 0 Å².